The minimum absolute atomic E-state index is 0.0316. The second-order valence-corrected chi connectivity index (χ2v) is 6.95. The predicted octanol–water partition coefficient (Wildman–Crippen LogP) is 0.524. The minimum atomic E-state index is -3.55. The van der Waals surface area contributed by atoms with Crippen molar-refractivity contribution in [3.8, 4) is 0 Å². The Hall–Kier alpha value is -1.44. The van der Waals surface area contributed by atoms with Crippen LogP contribution in [0.5, 0.6) is 0 Å². The van der Waals surface area contributed by atoms with Gasteiger partial charge in [-0.1, -0.05) is 12.1 Å². The summed E-state index contributed by atoms with van der Waals surface area (Å²) in [6.45, 7) is 2.35. The van der Waals surface area contributed by atoms with Crippen LogP contribution < -0.4 is 15.4 Å². The first-order valence-electron chi connectivity index (χ1n) is 6.98. The molecule has 1 fully saturated rings. The standard InChI is InChI=1S/C14H21N3O3S/c1-10(15-2)11-3-6-13(7-4-11)21(19,20)17-12-5-8-14(18)16-9-12/h3-4,6-7,10,12,15,17H,5,8-9H2,1-2H3,(H,16,18). The highest BCUT2D eigenvalue weighted by Crippen LogP contribution is 2.17. The van der Waals surface area contributed by atoms with E-state index in [1.165, 1.54) is 0 Å². The van der Waals surface area contributed by atoms with Gasteiger partial charge in [0.1, 0.15) is 0 Å². The van der Waals surface area contributed by atoms with E-state index in [0.717, 1.165) is 5.56 Å². The van der Waals surface area contributed by atoms with Gasteiger partial charge in [0.15, 0.2) is 0 Å². The summed E-state index contributed by atoms with van der Waals surface area (Å²) in [4.78, 5) is 11.3. The first-order chi connectivity index (χ1) is 9.92. The Balaban J connectivity index is 2.07. The third-order valence-corrected chi connectivity index (χ3v) is 5.25. The molecule has 21 heavy (non-hydrogen) atoms. The summed E-state index contributed by atoms with van der Waals surface area (Å²) in [6, 6.07) is 6.74. The Labute approximate surface area is 125 Å². The Morgan fingerprint density at radius 3 is 2.48 bits per heavy atom. The highest BCUT2D eigenvalue weighted by molar-refractivity contribution is 7.89. The van der Waals surface area contributed by atoms with E-state index in [1.807, 2.05) is 14.0 Å². The number of rotatable bonds is 5. The van der Waals surface area contributed by atoms with Crippen molar-refractivity contribution in [2.24, 2.45) is 0 Å². The number of amides is 1. The van der Waals surface area contributed by atoms with Gasteiger partial charge >= 0.3 is 0 Å². The fourth-order valence-electron chi connectivity index (χ4n) is 2.22. The zero-order valence-electron chi connectivity index (χ0n) is 12.2. The van der Waals surface area contributed by atoms with Crippen LogP contribution in [-0.2, 0) is 14.8 Å². The molecule has 1 aromatic carbocycles. The van der Waals surface area contributed by atoms with Crippen LogP contribution in [0.3, 0.4) is 0 Å². The van der Waals surface area contributed by atoms with Crippen LogP contribution in [0.2, 0.25) is 0 Å². The van der Waals surface area contributed by atoms with Crippen molar-refractivity contribution in [3.63, 3.8) is 0 Å². The van der Waals surface area contributed by atoms with E-state index in [9.17, 15) is 13.2 Å². The molecule has 0 spiro atoms. The third-order valence-electron chi connectivity index (χ3n) is 3.71. The number of carbonyl (C=O) groups is 1. The van der Waals surface area contributed by atoms with Gasteiger partial charge < -0.3 is 10.6 Å². The molecule has 1 aromatic rings. The highest BCUT2D eigenvalue weighted by Gasteiger charge is 2.24. The lowest BCUT2D eigenvalue weighted by atomic mass is 10.1. The molecular weight excluding hydrogens is 290 g/mol. The van der Waals surface area contributed by atoms with E-state index in [1.54, 1.807) is 24.3 Å². The number of nitrogens with one attached hydrogen (secondary N) is 3. The molecule has 2 atom stereocenters. The minimum Gasteiger partial charge on any atom is -0.355 e. The van der Waals surface area contributed by atoms with Gasteiger partial charge in [-0.3, -0.25) is 4.79 Å². The van der Waals surface area contributed by atoms with Crippen molar-refractivity contribution in [3.05, 3.63) is 29.8 Å². The number of hydrogen-bond acceptors (Lipinski definition) is 4. The van der Waals surface area contributed by atoms with Crippen molar-refractivity contribution in [1.29, 1.82) is 0 Å². The molecule has 1 amide bonds. The summed E-state index contributed by atoms with van der Waals surface area (Å²) in [5, 5.41) is 5.77. The maximum Gasteiger partial charge on any atom is 0.240 e. The van der Waals surface area contributed by atoms with Crippen molar-refractivity contribution < 1.29 is 13.2 Å². The van der Waals surface area contributed by atoms with Gasteiger partial charge in [0.2, 0.25) is 15.9 Å². The Morgan fingerprint density at radius 2 is 1.95 bits per heavy atom. The van der Waals surface area contributed by atoms with Crippen LogP contribution in [0.4, 0.5) is 0 Å². The molecule has 1 saturated heterocycles. The average Bonchev–Trinajstić information content (AvgIpc) is 2.49. The summed E-state index contributed by atoms with van der Waals surface area (Å²) in [6.07, 6.45) is 0.881. The maximum atomic E-state index is 12.3. The molecule has 1 heterocycles. The SMILES string of the molecule is CNC(C)c1ccc(S(=O)(=O)NC2CCC(=O)NC2)cc1. The lowest BCUT2D eigenvalue weighted by molar-refractivity contribution is -0.122. The molecule has 2 unspecified atom stereocenters. The van der Waals surface area contributed by atoms with Crippen molar-refractivity contribution in [2.45, 2.75) is 36.7 Å². The number of carbonyl (C=O) groups excluding carboxylic acids is 1. The smallest absolute Gasteiger partial charge is 0.240 e. The fourth-order valence-corrected chi connectivity index (χ4v) is 3.49. The van der Waals surface area contributed by atoms with Crippen LogP contribution >= 0.6 is 0 Å². The van der Waals surface area contributed by atoms with Crippen LogP contribution in [0.15, 0.2) is 29.2 Å². The Kier molecular flexibility index (Phi) is 4.97. The molecule has 0 saturated carbocycles. The second-order valence-electron chi connectivity index (χ2n) is 5.24. The van der Waals surface area contributed by atoms with Gasteiger partial charge in [-0.2, -0.15) is 0 Å². The zero-order valence-corrected chi connectivity index (χ0v) is 13.0. The van der Waals surface area contributed by atoms with Crippen molar-refractivity contribution in [1.82, 2.24) is 15.4 Å². The van der Waals surface area contributed by atoms with Crippen LogP contribution in [-0.4, -0.2) is 34.0 Å². The fraction of sp³-hybridized carbons (Fsp3) is 0.500. The molecule has 3 N–H and O–H groups in total. The van der Waals surface area contributed by atoms with Gasteiger partial charge in [0, 0.05) is 25.0 Å². The highest BCUT2D eigenvalue weighted by atomic mass is 32.2. The van der Waals surface area contributed by atoms with Crippen LogP contribution in [0, 0.1) is 0 Å². The molecule has 7 heteroatoms. The first-order valence-corrected chi connectivity index (χ1v) is 8.47. The van der Waals surface area contributed by atoms with Crippen LogP contribution in [0.1, 0.15) is 31.4 Å². The van der Waals surface area contributed by atoms with E-state index in [4.69, 9.17) is 0 Å². The first kappa shape index (κ1) is 15.9. The zero-order chi connectivity index (χ0) is 15.5. The molecule has 0 aliphatic carbocycles. The van der Waals surface area contributed by atoms with E-state index < -0.39 is 10.0 Å². The number of piperidine rings is 1. The molecule has 0 radical (unpaired) electrons. The quantitative estimate of drug-likeness (QED) is 0.740. The van der Waals surface area contributed by atoms with Crippen LogP contribution in [0.25, 0.3) is 0 Å². The van der Waals surface area contributed by atoms with Gasteiger partial charge in [-0.25, -0.2) is 13.1 Å². The number of sulfonamides is 1. The summed E-state index contributed by atoms with van der Waals surface area (Å²) < 4.78 is 27.2. The lowest BCUT2D eigenvalue weighted by Crippen LogP contribution is -2.47. The third kappa shape index (κ3) is 4.03. The molecule has 0 bridgehead atoms. The predicted molar refractivity (Wildman–Crippen MR) is 80.3 cm³/mol. The largest absolute Gasteiger partial charge is 0.355 e. The average molecular weight is 311 g/mol. The van der Waals surface area contributed by atoms with Gasteiger partial charge in [-0.05, 0) is 38.1 Å². The summed E-state index contributed by atoms with van der Waals surface area (Å²) in [5.41, 5.74) is 1.03. The molecule has 1 aliphatic rings. The van der Waals surface area contributed by atoms with Gasteiger partial charge in [0.25, 0.3) is 0 Å². The normalized spacial score (nSPS) is 20.9. The van der Waals surface area contributed by atoms with Gasteiger partial charge in [-0.15, -0.1) is 0 Å². The molecule has 116 valence electrons. The Morgan fingerprint density at radius 1 is 1.29 bits per heavy atom. The van der Waals surface area contributed by atoms with E-state index >= 15 is 0 Å². The lowest BCUT2D eigenvalue weighted by Gasteiger charge is -2.23. The van der Waals surface area contributed by atoms with Crippen molar-refractivity contribution in [2.75, 3.05) is 13.6 Å². The second kappa shape index (κ2) is 6.55. The van der Waals surface area contributed by atoms with Crippen molar-refractivity contribution >= 4 is 15.9 Å². The summed E-state index contributed by atoms with van der Waals surface area (Å²) in [5.74, 6) is -0.0316. The molecule has 1 aliphatic heterocycles. The monoisotopic (exact) mass is 311 g/mol. The molecule has 0 aromatic heterocycles. The van der Waals surface area contributed by atoms with E-state index in [0.29, 0.717) is 19.4 Å². The number of benzene rings is 1. The summed E-state index contributed by atoms with van der Waals surface area (Å²) >= 11 is 0. The molecular formula is C14H21N3O3S. The molecule has 2 rings (SSSR count). The molecule has 6 nitrogen and oxygen atoms in total. The number of hydrogen-bond donors (Lipinski definition) is 3. The van der Waals surface area contributed by atoms with Gasteiger partial charge in [0.05, 0.1) is 4.90 Å². The Bertz CT molecular complexity index is 588. The van der Waals surface area contributed by atoms with E-state index in [-0.39, 0.29) is 22.9 Å². The van der Waals surface area contributed by atoms with E-state index in [2.05, 4.69) is 15.4 Å². The summed E-state index contributed by atoms with van der Waals surface area (Å²) in [7, 11) is -1.69. The maximum absolute atomic E-state index is 12.3. The topological polar surface area (TPSA) is 87.3 Å².